The first-order valence-corrected chi connectivity index (χ1v) is 8.77. The fourth-order valence-corrected chi connectivity index (χ4v) is 3.71. The molecule has 3 heterocycles. The largest absolute Gasteiger partial charge is 0.487 e. The molecule has 0 radical (unpaired) electrons. The van der Waals surface area contributed by atoms with Crippen molar-refractivity contribution >= 4 is 11.8 Å². The van der Waals surface area contributed by atoms with Crippen molar-refractivity contribution in [1.29, 1.82) is 0 Å². The van der Waals surface area contributed by atoms with Gasteiger partial charge in [-0.15, -0.1) is 0 Å². The van der Waals surface area contributed by atoms with Gasteiger partial charge in [0.05, 0.1) is 17.5 Å². The molecule has 0 unspecified atom stereocenters. The molecular weight excluding hydrogens is 330 g/mol. The van der Waals surface area contributed by atoms with Crippen molar-refractivity contribution in [2.24, 2.45) is 11.8 Å². The Balaban J connectivity index is 1.32. The van der Waals surface area contributed by atoms with Crippen molar-refractivity contribution in [1.82, 2.24) is 14.8 Å². The molecule has 0 N–H and O–H groups in total. The Hall–Kier alpha value is -2.73. The van der Waals surface area contributed by atoms with Crippen molar-refractivity contribution in [3.8, 4) is 5.75 Å². The number of imide groups is 1. The number of carbonyl (C=O) groups is 2. The summed E-state index contributed by atoms with van der Waals surface area (Å²) in [5, 5.41) is 0. The van der Waals surface area contributed by atoms with E-state index in [0.717, 1.165) is 23.6 Å². The molecule has 0 bridgehead atoms. The number of rotatable bonds is 5. The number of likely N-dealkylation sites (tertiary alicyclic amines) is 2. The van der Waals surface area contributed by atoms with E-state index in [4.69, 9.17) is 4.74 Å². The van der Waals surface area contributed by atoms with Gasteiger partial charge in [0.25, 0.3) is 0 Å². The average molecular weight is 351 g/mol. The van der Waals surface area contributed by atoms with Crippen LogP contribution in [0.2, 0.25) is 0 Å². The molecule has 2 atom stereocenters. The fraction of sp³-hybridized carbons (Fsp3) is 0.350. The monoisotopic (exact) mass is 351 g/mol. The molecule has 1 aromatic carbocycles. The van der Waals surface area contributed by atoms with E-state index in [1.54, 1.807) is 13.2 Å². The summed E-state index contributed by atoms with van der Waals surface area (Å²) < 4.78 is 5.75. The number of ether oxygens (including phenoxy) is 1. The Kier molecular flexibility index (Phi) is 4.42. The molecule has 0 saturated carbocycles. The minimum atomic E-state index is -0.173. The average Bonchev–Trinajstić information content (AvgIpc) is 3.17. The van der Waals surface area contributed by atoms with Crippen LogP contribution >= 0.6 is 0 Å². The van der Waals surface area contributed by atoms with Gasteiger partial charge in [-0.1, -0.05) is 18.2 Å². The fourth-order valence-electron chi connectivity index (χ4n) is 3.71. The van der Waals surface area contributed by atoms with Crippen LogP contribution in [0.5, 0.6) is 5.75 Å². The summed E-state index contributed by atoms with van der Waals surface area (Å²) in [7, 11) is 1.58. The third-order valence-corrected chi connectivity index (χ3v) is 5.13. The number of hydrogen-bond acceptors (Lipinski definition) is 5. The Bertz CT molecular complexity index is 783. The van der Waals surface area contributed by atoms with Gasteiger partial charge in [-0.25, -0.2) is 0 Å². The van der Waals surface area contributed by atoms with Crippen LogP contribution < -0.4 is 4.74 Å². The van der Waals surface area contributed by atoms with Gasteiger partial charge in [0.2, 0.25) is 11.8 Å². The lowest BCUT2D eigenvalue weighted by Crippen LogP contribution is -2.32. The molecule has 26 heavy (non-hydrogen) atoms. The maximum Gasteiger partial charge on any atom is 0.234 e. The summed E-state index contributed by atoms with van der Waals surface area (Å²) >= 11 is 0. The SMILES string of the molecule is CN1C(=O)[C@H]2CN(Cc3ccc(OCc4ccccn4)cc3)C[C@H]2C1=O. The molecule has 0 spiro atoms. The molecule has 6 heteroatoms. The topological polar surface area (TPSA) is 62.7 Å². The summed E-state index contributed by atoms with van der Waals surface area (Å²) in [6.45, 7) is 2.47. The van der Waals surface area contributed by atoms with Crippen molar-refractivity contribution in [3.63, 3.8) is 0 Å². The first kappa shape index (κ1) is 16.7. The lowest BCUT2D eigenvalue weighted by molar-refractivity contribution is -0.138. The molecular formula is C20H21N3O3. The first-order chi connectivity index (χ1) is 12.6. The summed E-state index contributed by atoms with van der Waals surface area (Å²) in [5.74, 6) is 0.369. The third kappa shape index (κ3) is 3.20. The van der Waals surface area contributed by atoms with Crippen LogP contribution in [0.25, 0.3) is 0 Å². The van der Waals surface area contributed by atoms with Gasteiger partial charge in [-0.05, 0) is 29.8 Å². The minimum absolute atomic E-state index is 0.0410. The summed E-state index contributed by atoms with van der Waals surface area (Å²) in [6, 6.07) is 13.7. The summed E-state index contributed by atoms with van der Waals surface area (Å²) in [4.78, 5) is 31.9. The van der Waals surface area contributed by atoms with E-state index in [1.807, 2.05) is 42.5 Å². The van der Waals surface area contributed by atoms with Crippen molar-refractivity contribution in [3.05, 3.63) is 59.9 Å². The number of aromatic nitrogens is 1. The van der Waals surface area contributed by atoms with Crippen LogP contribution in [0.1, 0.15) is 11.3 Å². The van der Waals surface area contributed by atoms with Gasteiger partial charge in [-0.3, -0.25) is 24.4 Å². The number of benzene rings is 1. The minimum Gasteiger partial charge on any atom is -0.487 e. The maximum absolute atomic E-state index is 12.1. The van der Waals surface area contributed by atoms with Crippen molar-refractivity contribution in [2.75, 3.05) is 20.1 Å². The second-order valence-corrected chi connectivity index (χ2v) is 6.90. The van der Waals surface area contributed by atoms with Crippen LogP contribution in [0.3, 0.4) is 0 Å². The Labute approximate surface area is 152 Å². The number of carbonyl (C=O) groups excluding carboxylic acids is 2. The van der Waals surface area contributed by atoms with Gasteiger partial charge in [0, 0.05) is 32.9 Å². The highest BCUT2D eigenvalue weighted by Crippen LogP contribution is 2.33. The predicted octanol–water partition coefficient (Wildman–Crippen LogP) is 1.71. The molecule has 1 aromatic heterocycles. The third-order valence-electron chi connectivity index (χ3n) is 5.13. The number of fused-ring (bicyclic) bond motifs is 1. The highest BCUT2D eigenvalue weighted by molar-refractivity contribution is 6.05. The van der Waals surface area contributed by atoms with E-state index in [1.165, 1.54) is 4.90 Å². The van der Waals surface area contributed by atoms with Gasteiger partial charge in [0.15, 0.2) is 0 Å². The highest BCUT2D eigenvalue weighted by atomic mass is 16.5. The lowest BCUT2D eigenvalue weighted by atomic mass is 10.00. The van der Waals surface area contributed by atoms with E-state index in [9.17, 15) is 9.59 Å². The molecule has 2 amide bonds. The first-order valence-electron chi connectivity index (χ1n) is 8.77. The maximum atomic E-state index is 12.1. The number of nitrogens with zero attached hydrogens (tertiary/aromatic N) is 3. The number of pyridine rings is 1. The number of amides is 2. The van der Waals surface area contributed by atoms with Crippen molar-refractivity contribution in [2.45, 2.75) is 13.2 Å². The van der Waals surface area contributed by atoms with Crippen molar-refractivity contribution < 1.29 is 14.3 Å². The van der Waals surface area contributed by atoms with Crippen LogP contribution in [0.4, 0.5) is 0 Å². The molecule has 134 valence electrons. The molecule has 2 aliphatic heterocycles. The Morgan fingerprint density at radius 3 is 2.35 bits per heavy atom. The quantitative estimate of drug-likeness (QED) is 0.768. The second-order valence-electron chi connectivity index (χ2n) is 6.90. The van der Waals surface area contributed by atoms with Gasteiger partial charge in [-0.2, -0.15) is 0 Å². The van der Waals surface area contributed by atoms with Crippen LogP contribution in [-0.2, 0) is 22.7 Å². The highest BCUT2D eigenvalue weighted by Gasteiger charge is 2.50. The molecule has 4 rings (SSSR count). The van der Waals surface area contributed by atoms with E-state index < -0.39 is 0 Å². The Morgan fingerprint density at radius 1 is 1.04 bits per heavy atom. The van der Waals surface area contributed by atoms with E-state index >= 15 is 0 Å². The smallest absolute Gasteiger partial charge is 0.234 e. The number of hydrogen-bond donors (Lipinski definition) is 0. The molecule has 2 aliphatic rings. The van der Waals surface area contributed by atoms with Gasteiger partial charge in [0.1, 0.15) is 12.4 Å². The normalized spacial score (nSPS) is 22.7. The van der Waals surface area contributed by atoms with Gasteiger partial charge < -0.3 is 4.74 Å². The van der Waals surface area contributed by atoms with E-state index in [2.05, 4.69) is 9.88 Å². The zero-order valence-corrected chi connectivity index (χ0v) is 14.7. The lowest BCUT2D eigenvalue weighted by Gasteiger charge is -2.18. The second kappa shape index (κ2) is 6.88. The van der Waals surface area contributed by atoms with E-state index in [-0.39, 0.29) is 23.7 Å². The van der Waals surface area contributed by atoms with Crippen LogP contribution in [-0.4, -0.2) is 46.7 Å². The molecule has 2 aromatic rings. The standard InChI is InChI=1S/C20H21N3O3/c1-22-19(24)17-11-23(12-18(17)20(22)25)10-14-5-7-16(8-6-14)26-13-15-4-2-3-9-21-15/h2-9,17-18H,10-13H2,1H3/t17-,18+. The van der Waals surface area contributed by atoms with Crippen LogP contribution in [0.15, 0.2) is 48.7 Å². The summed E-state index contributed by atoms with van der Waals surface area (Å²) in [5.41, 5.74) is 2.03. The molecule has 0 aliphatic carbocycles. The zero-order valence-electron chi connectivity index (χ0n) is 14.7. The molecule has 6 nitrogen and oxygen atoms in total. The van der Waals surface area contributed by atoms with Crippen LogP contribution in [0, 0.1) is 11.8 Å². The molecule has 2 saturated heterocycles. The van der Waals surface area contributed by atoms with E-state index in [0.29, 0.717) is 19.7 Å². The molecule has 2 fully saturated rings. The van der Waals surface area contributed by atoms with Gasteiger partial charge >= 0.3 is 0 Å². The Morgan fingerprint density at radius 2 is 1.73 bits per heavy atom. The predicted molar refractivity (Wildman–Crippen MR) is 95.0 cm³/mol. The summed E-state index contributed by atoms with van der Waals surface area (Å²) in [6.07, 6.45) is 1.75. The zero-order chi connectivity index (χ0) is 18.1.